The third-order valence-electron chi connectivity index (χ3n) is 5.36. The Labute approximate surface area is 150 Å². The van der Waals surface area contributed by atoms with Crippen molar-refractivity contribution >= 4 is 17.5 Å². The molecule has 0 saturated carbocycles. The maximum atomic E-state index is 12.7. The van der Waals surface area contributed by atoms with Gasteiger partial charge in [0, 0.05) is 18.8 Å². The summed E-state index contributed by atoms with van der Waals surface area (Å²) in [4.78, 5) is 26.9. The minimum Gasteiger partial charge on any atom is -0.355 e. The van der Waals surface area contributed by atoms with Crippen LogP contribution >= 0.6 is 0 Å². The quantitative estimate of drug-likeness (QED) is 0.807. The highest BCUT2D eigenvalue weighted by Gasteiger charge is 2.37. The van der Waals surface area contributed by atoms with E-state index in [1.54, 1.807) is 4.90 Å². The highest BCUT2D eigenvalue weighted by atomic mass is 16.2. The first kappa shape index (κ1) is 17.9. The molecule has 2 amide bonds. The van der Waals surface area contributed by atoms with Gasteiger partial charge in [-0.3, -0.25) is 9.59 Å². The lowest BCUT2D eigenvalue weighted by Gasteiger charge is -2.23. The van der Waals surface area contributed by atoms with Crippen molar-refractivity contribution in [2.45, 2.75) is 39.0 Å². The third-order valence-corrected chi connectivity index (χ3v) is 5.36. The second kappa shape index (κ2) is 8.00. The molecule has 2 atom stereocenters. The summed E-state index contributed by atoms with van der Waals surface area (Å²) in [5.41, 5.74) is 2.15. The van der Waals surface area contributed by atoms with Crippen LogP contribution in [0.2, 0.25) is 0 Å². The maximum absolute atomic E-state index is 12.7. The van der Waals surface area contributed by atoms with Crippen LogP contribution in [-0.4, -0.2) is 38.0 Å². The van der Waals surface area contributed by atoms with Gasteiger partial charge in [-0.25, -0.2) is 0 Å². The summed E-state index contributed by atoms with van der Waals surface area (Å²) in [5.74, 6) is 0.222. The maximum Gasteiger partial charge on any atom is 0.239 e. The van der Waals surface area contributed by atoms with E-state index in [9.17, 15) is 9.59 Å². The number of carbonyl (C=O) groups excluding carboxylic acids is 2. The van der Waals surface area contributed by atoms with Gasteiger partial charge >= 0.3 is 0 Å². The first-order valence-corrected chi connectivity index (χ1v) is 9.46. The van der Waals surface area contributed by atoms with Crippen molar-refractivity contribution in [1.82, 2.24) is 10.6 Å². The Kier molecular flexibility index (Phi) is 5.74. The van der Waals surface area contributed by atoms with E-state index in [1.807, 2.05) is 12.1 Å². The molecule has 2 N–H and O–H groups in total. The minimum atomic E-state index is -0.540. The molecule has 2 fully saturated rings. The standard InChI is InChI=1S/C20H29N3O2/c1-14(2)16-5-7-17(8-6-16)23-11-9-18(20(23)25)19(24)22-13-15-4-3-10-21-12-15/h5-8,14-15,18,21H,3-4,9-13H2,1-2H3,(H,22,24). The Bertz CT molecular complexity index is 606. The van der Waals surface area contributed by atoms with Gasteiger partial charge in [0.05, 0.1) is 0 Å². The number of rotatable bonds is 5. The van der Waals surface area contributed by atoms with Crippen molar-refractivity contribution < 1.29 is 9.59 Å². The van der Waals surface area contributed by atoms with Gasteiger partial charge in [0.1, 0.15) is 5.92 Å². The van der Waals surface area contributed by atoms with Crippen LogP contribution in [0.1, 0.15) is 44.6 Å². The number of nitrogens with zero attached hydrogens (tertiary/aromatic N) is 1. The van der Waals surface area contributed by atoms with Crippen molar-refractivity contribution in [3.8, 4) is 0 Å². The van der Waals surface area contributed by atoms with Gasteiger partial charge in [0.25, 0.3) is 0 Å². The van der Waals surface area contributed by atoms with Crippen LogP contribution in [0.3, 0.4) is 0 Å². The fraction of sp³-hybridized carbons (Fsp3) is 0.600. The monoisotopic (exact) mass is 343 g/mol. The van der Waals surface area contributed by atoms with E-state index in [1.165, 1.54) is 5.56 Å². The largest absolute Gasteiger partial charge is 0.355 e. The average molecular weight is 343 g/mol. The van der Waals surface area contributed by atoms with Gasteiger partial charge < -0.3 is 15.5 Å². The average Bonchev–Trinajstić information content (AvgIpc) is 3.02. The summed E-state index contributed by atoms with van der Waals surface area (Å²) in [7, 11) is 0. The number of benzene rings is 1. The molecule has 5 heteroatoms. The summed E-state index contributed by atoms with van der Waals surface area (Å²) in [6, 6.07) is 8.11. The predicted octanol–water partition coefficient (Wildman–Crippen LogP) is 2.28. The van der Waals surface area contributed by atoms with Crippen LogP contribution in [-0.2, 0) is 9.59 Å². The van der Waals surface area contributed by atoms with Gasteiger partial charge in [-0.05, 0) is 61.9 Å². The Morgan fingerprint density at radius 3 is 2.68 bits per heavy atom. The summed E-state index contributed by atoms with van der Waals surface area (Å²) in [5, 5.41) is 6.35. The molecule has 136 valence electrons. The van der Waals surface area contributed by atoms with Crippen LogP contribution in [0.15, 0.2) is 24.3 Å². The number of nitrogens with one attached hydrogen (secondary N) is 2. The molecule has 5 nitrogen and oxygen atoms in total. The van der Waals surface area contributed by atoms with Gasteiger partial charge in [-0.1, -0.05) is 26.0 Å². The molecule has 3 rings (SSSR count). The number of anilines is 1. The van der Waals surface area contributed by atoms with Crippen LogP contribution < -0.4 is 15.5 Å². The van der Waals surface area contributed by atoms with Crippen molar-refractivity contribution in [2.75, 3.05) is 31.1 Å². The summed E-state index contributed by atoms with van der Waals surface area (Å²) < 4.78 is 0. The van der Waals surface area contributed by atoms with E-state index in [4.69, 9.17) is 0 Å². The van der Waals surface area contributed by atoms with Crippen LogP contribution in [0.25, 0.3) is 0 Å². The molecule has 0 spiro atoms. The number of carbonyl (C=O) groups is 2. The molecule has 0 aromatic heterocycles. The first-order valence-electron chi connectivity index (χ1n) is 9.46. The smallest absolute Gasteiger partial charge is 0.239 e. The Morgan fingerprint density at radius 2 is 2.04 bits per heavy atom. The Hall–Kier alpha value is -1.88. The van der Waals surface area contributed by atoms with E-state index >= 15 is 0 Å². The molecule has 25 heavy (non-hydrogen) atoms. The molecule has 2 unspecified atom stereocenters. The first-order chi connectivity index (χ1) is 12.1. The molecule has 2 aliphatic heterocycles. The zero-order valence-corrected chi connectivity index (χ0v) is 15.3. The SMILES string of the molecule is CC(C)c1ccc(N2CCC(C(=O)NCC3CCCNC3)C2=O)cc1. The number of piperidine rings is 1. The lowest BCUT2D eigenvalue weighted by atomic mass is 9.99. The van der Waals surface area contributed by atoms with E-state index in [2.05, 4.69) is 36.6 Å². The van der Waals surface area contributed by atoms with Gasteiger partial charge in [-0.15, -0.1) is 0 Å². The van der Waals surface area contributed by atoms with E-state index in [0.29, 0.717) is 31.3 Å². The molecule has 0 aliphatic carbocycles. The number of hydrogen-bond acceptors (Lipinski definition) is 3. The number of hydrogen-bond donors (Lipinski definition) is 2. The highest BCUT2D eigenvalue weighted by molar-refractivity contribution is 6.09. The summed E-state index contributed by atoms with van der Waals surface area (Å²) in [6.45, 7) is 7.60. The summed E-state index contributed by atoms with van der Waals surface area (Å²) in [6.07, 6.45) is 2.89. The second-order valence-electron chi connectivity index (χ2n) is 7.53. The normalized spacial score (nSPS) is 24.0. The molecule has 2 aliphatic rings. The lowest BCUT2D eigenvalue weighted by molar-refractivity contribution is -0.132. The molecule has 1 aromatic carbocycles. The van der Waals surface area contributed by atoms with Gasteiger partial charge in [0.2, 0.25) is 11.8 Å². The van der Waals surface area contributed by atoms with Crippen molar-refractivity contribution in [1.29, 1.82) is 0 Å². The topological polar surface area (TPSA) is 61.4 Å². The number of amides is 2. The lowest BCUT2D eigenvalue weighted by Crippen LogP contribution is -2.42. The van der Waals surface area contributed by atoms with E-state index < -0.39 is 5.92 Å². The molecule has 0 bridgehead atoms. The van der Waals surface area contributed by atoms with Crippen LogP contribution in [0.5, 0.6) is 0 Å². The highest BCUT2D eigenvalue weighted by Crippen LogP contribution is 2.27. The van der Waals surface area contributed by atoms with Crippen molar-refractivity contribution in [2.24, 2.45) is 11.8 Å². The fourth-order valence-electron chi connectivity index (χ4n) is 3.69. The van der Waals surface area contributed by atoms with Crippen molar-refractivity contribution in [3.63, 3.8) is 0 Å². The molecule has 1 aromatic rings. The molecule has 2 saturated heterocycles. The molecule has 2 heterocycles. The third kappa shape index (κ3) is 4.21. The minimum absolute atomic E-state index is 0.0726. The second-order valence-corrected chi connectivity index (χ2v) is 7.53. The Morgan fingerprint density at radius 1 is 1.28 bits per heavy atom. The van der Waals surface area contributed by atoms with Gasteiger partial charge in [-0.2, -0.15) is 0 Å². The fourth-order valence-corrected chi connectivity index (χ4v) is 3.69. The summed E-state index contributed by atoms with van der Waals surface area (Å²) >= 11 is 0. The zero-order valence-electron chi connectivity index (χ0n) is 15.3. The van der Waals surface area contributed by atoms with E-state index in [-0.39, 0.29) is 11.8 Å². The predicted molar refractivity (Wildman–Crippen MR) is 99.6 cm³/mol. The molecular weight excluding hydrogens is 314 g/mol. The van der Waals surface area contributed by atoms with Crippen LogP contribution in [0, 0.1) is 11.8 Å². The van der Waals surface area contributed by atoms with E-state index in [0.717, 1.165) is 31.6 Å². The van der Waals surface area contributed by atoms with Crippen molar-refractivity contribution in [3.05, 3.63) is 29.8 Å². The van der Waals surface area contributed by atoms with Gasteiger partial charge in [0.15, 0.2) is 0 Å². The Balaban J connectivity index is 1.56. The molecule has 0 radical (unpaired) electrons. The molecular formula is C20H29N3O2. The van der Waals surface area contributed by atoms with Crippen LogP contribution in [0.4, 0.5) is 5.69 Å². The zero-order chi connectivity index (χ0) is 17.8.